The zero-order valence-corrected chi connectivity index (χ0v) is 7.99. The molecule has 0 amide bonds. The fraction of sp³-hybridized carbons (Fsp3) is 0.286. The number of hydrogen-bond acceptors (Lipinski definition) is 5. The van der Waals surface area contributed by atoms with Crippen LogP contribution in [0.3, 0.4) is 0 Å². The van der Waals surface area contributed by atoms with Crippen LogP contribution in [0.15, 0.2) is 28.8 Å². The zero-order valence-electron chi connectivity index (χ0n) is 7.10. The summed E-state index contributed by atoms with van der Waals surface area (Å²) in [4.78, 5) is 4.17. The number of hydrogen-bond donors (Lipinski definition) is 3. The van der Waals surface area contributed by atoms with Gasteiger partial charge < -0.3 is 5.11 Å². The molecule has 0 aromatic rings. The van der Waals surface area contributed by atoms with Crippen molar-refractivity contribution >= 4 is 17.7 Å². The number of nitrogens with one attached hydrogen (secondary N) is 1. The molecule has 0 saturated carbocycles. The quantitative estimate of drug-likeness (QED) is 0.505. The highest BCUT2D eigenvalue weighted by Gasteiger charge is 2.24. The lowest BCUT2D eigenvalue weighted by molar-refractivity contribution is 0.163. The molecular weight excluding hydrogens is 188 g/mol. The second-order valence-corrected chi connectivity index (χ2v) is 3.26. The second kappa shape index (κ2) is 3.06. The normalized spacial score (nSPS) is 21.0. The van der Waals surface area contributed by atoms with Crippen LogP contribution in [-0.2, 0) is 0 Å². The third kappa shape index (κ3) is 1.43. The van der Waals surface area contributed by atoms with E-state index in [0.717, 1.165) is 11.5 Å². The van der Waals surface area contributed by atoms with Crippen LogP contribution in [0.25, 0.3) is 0 Å². The summed E-state index contributed by atoms with van der Waals surface area (Å²) in [7, 11) is 1.86. The van der Waals surface area contributed by atoms with Crippen molar-refractivity contribution in [2.45, 2.75) is 0 Å². The SMILES string of the molecule is CN1C=C2N=C(S)C=C(CO)N2N1. The van der Waals surface area contributed by atoms with E-state index >= 15 is 0 Å². The maximum Gasteiger partial charge on any atom is 0.167 e. The van der Waals surface area contributed by atoms with Crippen LogP contribution < -0.4 is 5.53 Å². The molecule has 2 aliphatic rings. The van der Waals surface area contributed by atoms with Crippen LogP contribution in [0.4, 0.5) is 0 Å². The third-order valence-corrected chi connectivity index (χ3v) is 2.00. The molecule has 0 atom stereocenters. The largest absolute Gasteiger partial charge is 0.390 e. The number of aliphatic hydroxyl groups is 1. The van der Waals surface area contributed by atoms with Gasteiger partial charge >= 0.3 is 0 Å². The topological polar surface area (TPSA) is 51.1 Å². The van der Waals surface area contributed by atoms with Crippen molar-refractivity contribution in [1.29, 1.82) is 0 Å². The number of thiol groups is 1. The number of aliphatic hydroxyl groups excluding tert-OH is 1. The van der Waals surface area contributed by atoms with Gasteiger partial charge in [0.25, 0.3) is 0 Å². The van der Waals surface area contributed by atoms with Gasteiger partial charge in [-0.15, -0.1) is 18.2 Å². The predicted octanol–water partition coefficient (Wildman–Crippen LogP) is -0.330. The fourth-order valence-electron chi connectivity index (χ4n) is 1.24. The Kier molecular flexibility index (Phi) is 2.03. The van der Waals surface area contributed by atoms with Crippen molar-refractivity contribution in [3.8, 4) is 0 Å². The highest BCUT2D eigenvalue weighted by atomic mass is 32.1. The molecule has 0 unspecified atom stereocenters. The molecule has 2 heterocycles. The Labute approximate surface area is 81.4 Å². The highest BCUT2D eigenvalue weighted by molar-refractivity contribution is 7.97. The van der Waals surface area contributed by atoms with Crippen LogP contribution in [0.1, 0.15) is 0 Å². The van der Waals surface area contributed by atoms with E-state index in [1.165, 1.54) is 0 Å². The first-order chi connectivity index (χ1) is 6.20. The molecule has 0 fully saturated rings. The Balaban J connectivity index is 2.34. The molecule has 2 aliphatic heterocycles. The molecule has 0 bridgehead atoms. The van der Waals surface area contributed by atoms with Gasteiger partial charge in [0.1, 0.15) is 0 Å². The number of nitrogens with zero attached hydrogens (tertiary/aromatic N) is 3. The first kappa shape index (κ1) is 8.61. The van der Waals surface area contributed by atoms with E-state index < -0.39 is 0 Å². The summed E-state index contributed by atoms with van der Waals surface area (Å²) in [5.74, 6) is 0.735. The molecule has 0 aliphatic carbocycles. The average molecular weight is 198 g/mol. The minimum absolute atomic E-state index is 0.0439. The van der Waals surface area contributed by atoms with Crippen molar-refractivity contribution < 1.29 is 5.11 Å². The first-order valence-corrected chi connectivity index (χ1v) is 4.25. The van der Waals surface area contributed by atoms with Crippen molar-refractivity contribution in [3.05, 3.63) is 23.8 Å². The van der Waals surface area contributed by atoms with E-state index in [-0.39, 0.29) is 6.61 Å². The molecule has 2 N–H and O–H groups in total. The molecule has 0 radical (unpaired) electrons. The molecule has 70 valence electrons. The van der Waals surface area contributed by atoms with Gasteiger partial charge in [-0.1, -0.05) is 0 Å². The number of hydrazine groups is 2. The van der Waals surface area contributed by atoms with Crippen molar-refractivity contribution in [2.75, 3.05) is 13.7 Å². The molecule has 0 aromatic carbocycles. The summed E-state index contributed by atoms with van der Waals surface area (Å²) in [6, 6.07) is 0. The second-order valence-electron chi connectivity index (χ2n) is 2.80. The number of aliphatic imine (C=N–C) groups is 1. The lowest BCUT2D eigenvalue weighted by atomic mass is 10.3. The Hall–Kier alpha value is -0.980. The van der Waals surface area contributed by atoms with Gasteiger partial charge in [0.2, 0.25) is 0 Å². The molecule has 5 nitrogen and oxygen atoms in total. The van der Waals surface area contributed by atoms with Gasteiger partial charge in [-0.05, 0) is 6.08 Å². The van der Waals surface area contributed by atoms with Crippen molar-refractivity contribution in [2.24, 2.45) is 4.99 Å². The average Bonchev–Trinajstić information content (AvgIpc) is 2.43. The minimum Gasteiger partial charge on any atom is -0.390 e. The Morgan fingerprint density at radius 3 is 3.15 bits per heavy atom. The third-order valence-electron chi connectivity index (χ3n) is 1.77. The maximum atomic E-state index is 9.06. The van der Waals surface area contributed by atoms with Gasteiger partial charge in [0.15, 0.2) is 5.82 Å². The summed E-state index contributed by atoms with van der Waals surface area (Å²) in [6.45, 7) is -0.0439. The minimum atomic E-state index is -0.0439. The Morgan fingerprint density at radius 1 is 1.69 bits per heavy atom. The van der Waals surface area contributed by atoms with Crippen molar-refractivity contribution in [1.82, 2.24) is 15.6 Å². The van der Waals surface area contributed by atoms with E-state index in [2.05, 4.69) is 23.2 Å². The van der Waals surface area contributed by atoms with E-state index in [9.17, 15) is 0 Å². The van der Waals surface area contributed by atoms with Crippen LogP contribution in [-0.4, -0.2) is 33.8 Å². The molecule has 0 saturated heterocycles. The summed E-state index contributed by atoms with van der Waals surface area (Å²) in [5.41, 5.74) is 3.71. The van der Waals surface area contributed by atoms with E-state index in [4.69, 9.17) is 5.11 Å². The molecule has 0 aromatic heterocycles. The van der Waals surface area contributed by atoms with Crippen LogP contribution in [0.2, 0.25) is 0 Å². The zero-order chi connectivity index (χ0) is 9.42. The summed E-state index contributed by atoms with van der Waals surface area (Å²) in [5, 5.41) is 13.1. The molecule has 13 heavy (non-hydrogen) atoms. The van der Waals surface area contributed by atoms with Gasteiger partial charge in [0.05, 0.1) is 23.5 Å². The monoisotopic (exact) mass is 198 g/mol. The van der Waals surface area contributed by atoms with Crippen LogP contribution >= 0.6 is 12.6 Å². The van der Waals surface area contributed by atoms with Crippen LogP contribution in [0.5, 0.6) is 0 Å². The van der Waals surface area contributed by atoms with E-state index in [1.807, 2.05) is 13.2 Å². The number of fused-ring (bicyclic) bond motifs is 1. The lowest BCUT2D eigenvalue weighted by Gasteiger charge is -2.25. The predicted molar refractivity (Wildman–Crippen MR) is 52.4 cm³/mol. The standard InChI is InChI=1S/C7H10N4OS/c1-10-3-6-8-7(13)2-5(4-12)11(6)9-10/h2-3,9,12H,4H2,1H3,(H,8,13). The van der Waals surface area contributed by atoms with Gasteiger partial charge in [-0.3, -0.25) is 5.01 Å². The lowest BCUT2D eigenvalue weighted by Crippen LogP contribution is -2.39. The van der Waals surface area contributed by atoms with Gasteiger partial charge in [-0.25, -0.2) is 10.0 Å². The smallest absolute Gasteiger partial charge is 0.167 e. The molecule has 0 spiro atoms. The van der Waals surface area contributed by atoms with Gasteiger partial charge in [-0.2, -0.15) is 0 Å². The maximum absolute atomic E-state index is 9.06. The fourth-order valence-corrected chi connectivity index (χ4v) is 1.49. The van der Waals surface area contributed by atoms with E-state index in [0.29, 0.717) is 5.04 Å². The van der Waals surface area contributed by atoms with E-state index in [1.54, 1.807) is 16.1 Å². The first-order valence-electron chi connectivity index (χ1n) is 3.81. The summed E-state index contributed by atoms with van der Waals surface area (Å²) < 4.78 is 0. The molecule has 6 heteroatoms. The number of rotatable bonds is 1. The highest BCUT2D eigenvalue weighted by Crippen LogP contribution is 2.22. The Bertz CT molecular complexity index is 322. The summed E-state index contributed by atoms with van der Waals surface area (Å²) >= 11 is 4.13. The van der Waals surface area contributed by atoms with Gasteiger partial charge in [0, 0.05) is 7.05 Å². The van der Waals surface area contributed by atoms with Crippen molar-refractivity contribution in [3.63, 3.8) is 0 Å². The molecular formula is C7H10N4OS. The summed E-state index contributed by atoms with van der Waals surface area (Å²) in [6.07, 6.45) is 3.53. The molecule has 2 rings (SSSR count). The van der Waals surface area contributed by atoms with Crippen LogP contribution in [0, 0.1) is 0 Å². The Morgan fingerprint density at radius 2 is 2.46 bits per heavy atom.